The second kappa shape index (κ2) is 6.37. The number of amides is 1. The summed E-state index contributed by atoms with van der Waals surface area (Å²) in [5, 5.41) is 0.574. The minimum atomic E-state index is -0.192. The third-order valence-electron chi connectivity index (χ3n) is 3.80. The Morgan fingerprint density at radius 2 is 1.85 bits per heavy atom. The molecule has 0 aromatic heterocycles. The van der Waals surface area contributed by atoms with Crippen molar-refractivity contribution in [3.05, 3.63) is 34.9 Å². The van der Waals surface area contributed by atoms with E-state index in [0.717, 1.165) is 13.1 Å². The van der Waals surface area contributed by atoms with E-state index in [2.05, 4.69) is 4.90 Å². The monoisotopic (exact) mass is 294 g/mol. The Balaban J connectivity index is 2.00. The molecule has 1 aromatic rings. The van der Waals surface area contributed by atoms with Gasteiger partial charge in [-0.3, -0.25) is 14.5 Å². The van der Waals surface area contributed by atoms with Gasteiger partial charge in [-0.1, -0.05) is 23.7 Å². The topological polar surface area (TPSA) is 40.6 Å². The van der Waals surface area contributed by atoms with E-state index in [-0.39, 0.29) is 17.7 Å². The van der Waals surface area contributed by atoms with E-state index in [9.17, 15) is 9.59 Å². The predicted molar refractivity (Wildman–Crippen MR) is 79.1 cm³/mol. The van der Waals surface area contributed by atoms with Crippen molar-refractivity contribution < 1.29 is 9.59 Å². The highest BCUT2D eigenvalue weighted by molar-refractivity contribution is 6.31. The van der Waals surface area contributed by atoms with E-state index in [4.69, 9.17) is 11.6 Å². The fraction of sp³-hybridized carbons (Fsp3) is 0.467. The average Bonchev–Trinajstić information content (AvgIpc) is 2.46. The number of hydrogen-bond donors (Lipinski definition) is 0. The largest absolute Gasteiger partial charge is 0.340 e. The van der Waals surface area contributed by atoms with E-state index in [1.807, 2.05) is 11.8 Å². The van der Waals surface area contributed by atoms with Gasteiger partial charge in [-0.2, -0.15) is 0 Å². The lowest BCUT2D eigenvalue weighted by molar-refractivity contribution is -0.130. The van der Waals surface area contributed by atoms with Crippen LogP contribution >= 0.6 is 11.6 Å². The van der Waals surface area contributed by atoms with Gasteiger partial charge in [0.15, 0.2) is 5.78 Å². The molecule has 1 aromatic carbocycles. The van der Waals surface area contributed by atoms with Gasteiger partial charge < -0.3 is 4.90 Å². The van der Waals surface area contributed by atoms with Crippen molar-refractivity contribution in [3.8, 4) is 0 Å². The molecular formula is C15H19ClN2O2. The predicted octanol–water partition coefficient (Wildman–Crippen LogP) is 2.08. The first-order valence-corrected chi connectivity index (χ1v) is 7.16. The normalized spacial score (nSPS) is 17.9. The highest BCUT2D eigenvalue weighted by Crippen LogP contribution is 2.15. The van der Waals surface area contributed by atoms with Crippen LogP contribution in [-0.2, 0) is 4.79 Å². The zero-order valence-corrected chi connectivity index (χ0v) is 12.6. The van der Waals surface area contributed by atoms with Crippen LogP contribution in [0.4, 0.5) is 0 Å². The SMILES string of the molecule is CC(=O)N1CCN(C(C)C(=O)c2cccc(Cl)c2)CC1. The van der Waals surface area contributed by atoms with Crippen LogP contribution in [0.1, 0.15) is 24.2 Å². The Morgan fingerprint density at radius 1 is 1.20 bits per heavy atom. The molecule has 0 aliphatic carbocycles. The first-order chi connectivity index (χ1) is 9.49. The maximum Gasteiger partial charge on any atom is 0.219 e. The number of rotatable bonds is 3. The lowest BCUT2D eigenvalue weighted by atomic mass is 10.0. The highest BCUT2D eigenvalue weighted by Gasteiger charge is 2.26. The van der Waals surface area contributed by atoms with E-state index in [0.29, 0.717) is 23.7 Å². The number of piperazine rings is 1. The molecule has 1 heterocycles. The van der Waals surface area contributed by atoms with Crippen molar-refractivity contribution in [2.75, 3.05) is 26.2 Å². The minimum absolute atomic E-state index is 0.0729. The molecule has 108 valence electrons. The second-order valence-corrected chi connectivity index (χ2v) is 5.53. The number of carbonyl (C=O) groups excluding carboxylic acids is 2. The number of halogens is 1. The summed E-state index contributed by atoms with van der Waals surface area (Å²) >= 11 is 5.92. The lowest BCUT2D eigenvalue weighted by Gasteiger charge is -2.37. The maximum absolute atomic E-state index is 12.4. The molecule has 1 aliphatic rings. The quantitative estimate of drug-likeness (QED) is 0.802. The number of nitrogens with zero attached hydrogens (tertiary/aromatic N) is 2. The number of carbonyl (C=O) groups is 2. The standard InChI is InChI=1S/C15H19ClN2O2/c1-11(15(20)13-4-3-5-14(16)10-13)17-6-8-18(9-7-17)12(2)19/h3-5,10-11H,6-9H2,1-2H3. The Bertz CT molecular complexity index is 510. The molecule has 1 amide bonds. The third-order valence-corrected chi connectivity index (χ3v) is 4.03. The molecule has 1 aliphatic heterocycles. The summed E-state index contributed by atoms with van der Waals surface area (Å²) in [6.45, 7) is 6.31. The van der Waals surface area contributed by atoms with Gasteiger partial charge in [0.1, 0.15) is 0 Å². The summed E-state index contributed by atoms with van der Waals surface area (Å²) in [7, 11) is 0. The summed E-state index contributed by atoms with van der Waals surface area (Å²) in [4.78, 5) is 27.7. The highest BCUT2D eigenvalue weighted by atomic mass is 35.5. The first kappa shape index (κ1) is 15.0. The Morgan fingerprint density at radius 3 is 2.40 bits per heavy atom. The Labute approximate surface area is 124 Å². The van der Waals surface area contributed by atoms with Crippen LogP contribution in [-0.4, -0.2) is 53.7 Å². The van der Waals surface area contributed by atoms with Gasteiger partial charge in [-0.25, -0.2) is 0 Å². The third kappa shape index (κ3) is 3.38. The first-order valence-electron chi connectivity index (χ1n) is 6.78. The molecule has 20 heavy (non-hydrogen) atoms. The van der Waals surface area contributed by atoms with E-state index in [1.54, 1.807) is 31.2 Å². The Kier molecular flexibility index (Phi) is 4.78. The summed E-state index contributed by atoms with van der Waals surface area (Å²) in [5.41, 5.74) is 0.638. The van der Waals surface area contributed by atoms with Gasteiger partial charge in [-0.15, -0.1) is 0 Å². The van der Waals surface area contributed by atoms with E-state index >= 15 is 0 Å². The number of ketones is 1. The molecule has 0 saturated carbocycles. The molecule has 1 saturated heterocycles. The van der Waals surface area contributed by atoms with Crippen LogP contribution in [0, 0.1) is 0 Å². The zero-order valence-electron chi connectivity index (χ0n) is 11.8. The van der Waals surface area contributed by atoms with Crippen molar-refractivity contribution in [3.63, 3.8) is 0 Å². The number of benzene rings is 1. The van der Waals surface area contributed by atoms with Gasteiger partial charge in [0.05, 0.1) is 6.04 Å². The molecule has 1 atom stereocenters. The van der Waals surface area contributed by atoms with Crippen molar-refractivity contribution >= 4 is 23.3 Å². The van der Waals surface area contributed by atoms with Gasteiger partial charge >= 0.3 is 0 Å². The lowest BCUT2D eigenvalue weighted by Crippen LogP contribution is -2.52. The van der Waals surface area contributed by atoms with Crippen LogP contribution in [0.25, 0.3) is 0 Å². The van der Waals surface area contributed by atoms with E-state index in [1.165, 1.54) is 0 Å². The second-order valence-electron chi connectivity index (χ2n) is 5.09. The van der Waals surface area contributed by atoms with Crippen LogP contribution < -0.4 is 0 Å². The molecule has 0 spiro atoms. The van der Waals surface area contributed by atoms with Crippen LogP contribution in [0.5, 0.6) is 0 Å². The molecule has 1 unspecified atom stereocenters. The van der Waals surface area contributed by atoms with Crippen LogP contribution in [0.3, 0.4) is 0 Å². The molecule has 1 fully saturated rings. The molecule has 0 N–H and O–H groups in total. The zero-order chi connectivity index (χ0) is 14.7. The van der Waals surface area contributed by atoms with Gasteiger partial charge in [-0.05, 0) is 19.1 Å². The van der Waals surface area contributed by atoms with Gasteiger partial charge in [0.2, 0.25) is 5.91 Å². The summed E-state index contributed by atoms with van der Waals surface area (Å²) in [6.07, 6.45) is 0. The Hall–Kier alpha value is -1.39. The molecule has 0 bridgehead atoms. The average molecular weight is 295 g/mol. The molecule has 4 nitrogen and oxygen atoms in total. The molecule has 5 heteroatoms. The fourth-order valence-corrected chi connectivity index (χ4v) is 2.66. The summed E-state index contributed by atoms with van der Waals surface area (Å²) < 4.78 is 0. The van der Waals surface area contributed by atoms with E-state index < -0.39 is 0 Å². The smallest absolute Gasteiger partial charge is 0.219 e. The van der Waals surface area contributed by atoms with Crippen LogP contribution in [0.2, 0.25) is 5.02 Å². The fourth-order valence-electron chi connectivity index (χ4n) is 2.47. The molecule has 2 rings (SSSR count). The van der Waals surface area contributed by atoms with Crippen molar-refractivity contribution in [2.24, 2.45) is 0 Å². The van der Waals surface area contributed by atoms with Crippen molar-refractivity contribution in [2.45, 2.75) is 19.9 Å². The molecule has 0 radical (unpaired) electrons. The summed E-state index contributed by atoms with van der Waals surface area (Å²) in [6, 6.07) is 6.84. The molecular weight excluding hydrogens is 276 g/mol. The van der Waals surface area contributed by atoms with Crippen molar-refractivity contribution in [1.29, 1.82) is 0 Å². The number of hydrogen-bond acceptors (Lipinski definition) is 3. The number of Topliss-reactive ketones (excluding diaryl/α,β-unsaturated/α-hetero) is 1. The van der Waals surface area contributed by atoms with Gasteiger partial charge in [0, 0.05) is 43.7 Å². The summed E-state index contributed by atoms with van der Waals surface area (Å²) in [5.74, 6) is 0.169. The minimum Gasteiger partial charge on any atom is -0.340 e. The maximum atomic E-state index is 12.4. The van der Waals surface area contributed by atoms with Crippen LogP contribution in [0.15, 0.2) is 24.3 Å². The van der Waals surface area contributed by atoms with Crippen molar-refractivity contribution in [1.82, 2.24) is 9.80 Å². The van der Waals surface area contributed by atoms with Gasteiger partial charge in [0.25, 0.3) is 0 Å².